The van der Waals surface area contributed by atoms with Gasteiger partial charge in [0, 0.05) is 11.4 Å². The predicted octanol–water partition coefficient (Wildman–Crippen LogP) is 3.36. The average Bonchev–Trinajstić information content (AvgIpc) is 2.76. The molecule has 0 aliphatic carbocycles. The molecule has 0 atom stereocenters. The monoisotopic (exact) mass is 199 g/mol. The maximum absolute atomic E-state index is 3.43. The Labute approximate surface area is 91.2 Å². The molecule has 0 fully saturated rings. The number of H-pyrrole nitrogens is 1. The van der Waals surface area contributed by atoms with Crippen molar-refractivity contribution in [2.75, 3.05) is 0 Å². The largest absolute Gasteiger partial charge is 0.362 e. The third-order valence-electron chi connectivity index (χ3n) is 2.71. The predicted molar refractivity (Wildman–Crippen MR) is 64.0 cm³/mol. The molecule has 0 aliphatic heterocycles. The van der Waals surface area contributed by atoms with Gasteiger partial charge >= 0.3 is 0 Å². The van der Waals surface area contributed by atoms with Crippen LogP contribution >= 0.6 is 0 Å². The molecule has 0 saturated heterocycles. The van der Waals surface area contributed by atoms with Gasteiger partial charge in [-0.25, -0.2) is 0 Å². The summed E-state index contributed by atoms with van der Waals surface area (Å²) < 4.78 is 0. The van der Waals surface area contributed by atoms with E-state index in [1.807, 2.05) is 0 Å². The van der Waals surface area contributed by atoms with Crippen LogP contribution in [0.25, 0.3) is 0 Å². The molecule has 0 bridgehead atoms. The Morgan fingerprint density at radius 1 is 0.867 bits per heavy atom. The summed E-state index contributed by atoms with van der Waals surface area (Å²) in [6, 6.07) is 15.0. The molecule has 0 spiro atoms. The summed E-state index contributed by atoms with van der Waals surface area (Å²) in [6.45, 7) is 2.17. The van der Waals surface area contributed by atoms with E-state index in [0.29, 0.717) is 0 Å². The number of hydrogen-bond donors (Lipinski definition) is 1. The van der Waals surface area contributed by atoms with Gasteiger partial charge in [0.05, 0.1) is 0 Å². The molecule has 1 nitrogen and oxygen atoms in total. The minimum absolute atomic E-state index is 1.09. The topological polar surface area (TPSA) is 15.8 Å². The minimum Gasteiger partial charge on any atom is -0.362 e. The third kappa shape index (κ3) is 2.72. The van der Waals surface area contributed by atoms with Crippen LogP contribution in [0.15, 0.2) is 42.5 Å². The van der Waals surface area contributed by atoms with Crippen LogP contribution < -0.4 is 0 Å². The van der Waals surface area contributed by atoms with Crippen molar-refractivity contribution in [3.63, 3.8) is 0 Å². The van der Waals surface area contributed by atoms with Gasteiger partial charge in [-0.3, -0.25) is 0 Å². The SMILES string of the molecule is CCc1ccc(CCc2ccccc2)[nH]1. The van der Waals surface area contributed by atoms with Crippen LogP contribution in [0.2, 0.25) is 0 Å². The number of benzene rings is 1. The van der Waals surface area contributed by atoms with E-state index in [1.165, 1.54) is 17.0 Å². The number of rotatable bonds is 4. The third-order valence-corrected chi connectivity index (χ3v) is 2.71. The lowest BCUT2D eigenvalue weighted by molar-refractivity contribution is 0.909. The fourth-order valence-electron chi connectivity index (χ4n) is 1.77. The van der Waals surface area contributed by atoms with E-state index >= 15 is 0 Å². The number of aryl methyl sites for hydroxylation is 3. The average molecular weight is 199 g/mol. The fraction of sp³-hybridized carbons (Fsp3) is 0.286. The van der Waals surface area contributed by atoms with Crippen molar-refractivity contribution in [2.24, 2.45) is 0 Å². The highest BCUT2D eigenvalue weighted by Gasteiger charge is 1.97. The first-order valence-corrected chi connectivity index (χ1v) is 5.59. The molecular formula is C14H17N. The van der Waals surface area contributed by atoms with Crippen LogP contribution in [0.1, 0.15) is 23.9 Å². The first-order valence-electron chi connectivity index (χ1n) is 5.59. The van der Waals surface area contributed by atoms with Crippen molar-refractivity contribution in [1.29, 1.82) is 0 Å². The Balaban J connectivity index is 1.93. The van der Waals surface area contributed by atoms with Gasteiger partial charge in [0.25, 0.3) is 0 Å². The molecule has 0 unspecified atom stereocenters. The van der Waals surface area contributed by atoms with E-state index in [-0.39, 0.29) is 0 Å². The molecule has 1 aromatic heterocycles. The fourth-order valence-corrected chi connectivity index (χ4v) is 1.77. The van der Waals surface area contributed by atoms with Gasteiger partial charge in [-0.1, -0.05) is 37.3 Å². The van der Waals surface area contributed by atoms with Crippen molar-refractivity contribution in [2.45, 2.75) is 26.2 Å². The molecule has 78 valence electrons. The van der Waals surface area contributed by atoms with Crippen molar-refractivity contribution < 1.29 is 0 Å². The summed E-state index contributed by atoms with van der Waals surface area (Å²) in [6.07, 6.45) is 3.31. The zero-order valence-corrected chi connectivity index (χ0v) is 9.16. The molecule has 0 saturated carbocycles. The van der Waals surface area contributed by atoms with E-state index in [0.717, 1.165) is 19.3 Å². The summed E-state index contributed by atoms with van der Waals surface area (Å²) in [7, 11) is 0. The smallest absolute Gasteiger partial charge is 0.0152 e. The lowest BCUT2D eigenvalue weighted by Gasteiger charge is -1.99. The summed E-state index contributed by atoms with van der Waals surface area (Å²) in [4.78, 5) is 3.43. The first kappa shape index (κ1) is 10.0. The van der Waals surface area contributed by atoms with Gasteiger partial charge in [0.2, 0.25) is 0 Å². The second-order valence-corrected chi connectivity index (χ2v) is 3.85. The van der Waals surface area contributed by atoms with Crippen LogP contribution in [0, 0.1) is 0 Å². The molecule has 0 radical (unpaired) electrons. The summed E-state index contributed by atoms with van der Waals surface area (Å²) >= 11 is 0. The molecule has 2 aromatic rings. The highest BCUT2D eigenvalue weighted by Crippen LogP contribution is 2.07. The lowest BCUT2D eigenvalue weighted by Crippen LogP contribution is -1.91. The number of hydrogen-bond acceptors (Lipinski definition) is 0. The van der Waals surface area contributed by atoms with E-state index in [1.54, 1.807) is 0 Å². The standard InChI is InChI=1S/C14H17N/c1-2-13-10-11-14(15-13)9-8-12-6-4-3-5-7-12/h3-7,10-11,15H,2,8-9H2,1H3. The molecule has 1 heteroatoms. The van der Waals surface area contributed by atoms with Crippen LogP contribution in [0.3, 0.4) is 0 Å². The zero-order chi connectivity index (χ0) is 10.5. The van der Waals surface area contributed by atoms with Gasteiger partial charge in [0.15, 0.2) is 0 Å². The molecule has 1 N–H and O–H groups in total. The summed E-state index contributed by atoms with van der Waals surface area (Å²) in [5.41, 5.74) is 4.08. The second-order valence-electron chi connectivity index (χ2n) is 3.85. The van der Waals surface area contributed by atoms with Gasteiger partial charge in [-0.2, -0.15) is 0 Å². The van der Waals surface area contributed by atoms with Crippen LogP contribution in [-0.2, 0) is 19.3 Å². The van der Waals surface area contributed by atoms with Crippen molar-refractivity contribution in [3.8, 4) is 0 Å². The van der Waals surface area contributed by atoms with Crippen LogP contribution in [0.4, 0.5) is 0 Å². The van der Waals surface area contributed by atoms with Crippen LogP contribution in [-0.4, -0.2) is 4.98 Å². The van der Waals surface area contributed by atoms with Crippen molar-refractivity contribution in [3.05, 3.63) is 59.4 Å². The van der Waals surface area contributed by atoms with E-state index in [4.69, 9.17) is 0 Å². The summed E-state index contributed by atoms with van der Waals surface area (Å²) in [5, 5.41) is 0. The van der Waals surface area contributed by atoms with Gasteiger partial charge in [-0.15, -0.1) is 0 Å². The summed E-state index contributed by atoms with van der Waals surface area (Å²) in [5.74, 6) is 0. The Bertz CT molecular complexity index is 400. The van der Waals surface area contributed by atoms with Crippen molar-refractivity contribution in [1.82, 2.24) is 4.98 Å². The van der Waals surface area contributed by atoms with Gasteiger partial charge in [0.1, 0.15) is 0 Å². The zero-order valence-electron chi connectivity index (χ0n) is 9.16. The minimum atomic E-state index is 1.09. The second kappa shape index (κ2) is 4.83. The van der Waals surface area contributed by atoms with E-state index in [9.17, 15) is 0 Å². The van der Waals surface area contributed by atoms with E-state index in [2.05, 4.69) is 54.4 Å². The molecule has 0 aliphatic rings. The number of nitrogens with one attached hydrogen (secondary N) is 1. The normalized spacial score (nSPS) is 10.5. The quantitative estimate of drug-likeness (QED) is 0.777. The Kier molecular flexibility index (Phi) is 3.23. The molecular weight excluding hydrogens is 182 g/mol. The highest BCUT2D eigenvalue weighted by atomic mass is 14.7. The van der Waals surface area contributed by atoms with E-state index < -0.39 is 0 Å². The molecule has 1 aromatic carbocycles. The molecule has 15 heavy (non-hydrogen) atoms. The van der Waals surface area contributed by atoms with Gasteiger partial charge < -0.3 is 4.98 Å². The maximum Gasteiger partial charge on any atom is 0.0152 e. The molecule has 2 rings (SSSR count). The highest BCUT2D eigenvalue weighted by molar-refractivity contribution is 5.18. The Morgan fingerprint density at radius 3 is 2.27 bits per heavy atom. The maximum atomic E-state index is 3.43. The molecule has 1 heterocycles. The lowest BCUT2D eigenvalue weighted by atomic mass is 10.1. The number of aromatic nitrogens is 1. The Morgan fingerprint density at radius 2 is 1.60 bits per heavy atom. The molecule has 0 amide bonds. The Hall–Kier alpha value is -1.50. The number of aromatic amines is 1. The first-order chi connectivity index (χ1) is 7.38. The van der Waals surface area contributed by atoms with Crippen molar-refractivity contribution >= 4 is 0 Å². The van der Waals surface area contributed by atoms with Gasteiger partial charge in [-0.05, 0) is 37.0 Å². The van der Waals surface area contributed by atoms with Crippen LogP contribution in [0.5, 0.6) is 0 Å².